The van der Waals surface area contributed by atoms with Gasteiger partial charge < -0.3 is 14.8 Å². The summed E-state index contributed by atoms with van der Waals surface area (Å²) >= 11 is 1.57. The fourth-order valence-corrected chi connectivity index (χ4v) is 2.38. The Morgan fingerprint density at radius 2 is 2.28 bits per heavy atom. The highest BCUT2D eigenvalue weighted by molar-refractivity contribution is 7.98. The molecule has 1 amide bonds. The van der Waals surface area contributed by atoms with Gasteiger partial charge in [-0.2, -0.15) is 0 Å². The van der Waals surface area contributed by atoms with Gasteiger partial charge in [-0.15, -0.1) is 11.8 Å². The summed E-state index contributed by atoms with van der Waals surface area (Å²) in [6.45, 7) is 2.27. The standard InChI is InChI=1S/C13H17NO3S/c1-18-12-5-3-2-4-11(12)13(15)14-8-10-9-16-6-7-17-10/h2-5,10H,6-9H2,1H3,(H,14,15)/t10-/m1/s1. The van der Waals surface area contributed by atoms with E-state index in [2.05, 4.69) is 5.32 Å². The van der Waals surface area contributed by atoms with Crippen molar-refractivity contribution in [2.75, 3.05) is 32.6 Å². The number of amides is 1. The average Bonchev–Trinajstić information content (AvgIpc) is 2.45. The molecule has 4 nitrogen and oxygen atoms in total. The lowest BCUT2D eigenvalue weighted by molar-refractivity contribution is -0.0855. The first kappa shape index (κ1) is 13.4. The summed E-state index contributed by atoms with van der Waals surface area (Å²) in [5, 5.41) is 2.89. The summed E-state index contributed by atoms with van der Waals surface area (Å²) < 4.78 is 10.8. The van der Waals surface area contributed by atoms with Gasteiger partial charge in [-0.1, -0.05) is 12.1 Å². The van der Waals surface area contributed by atoms with Crippen LogP contribution in [0.3, 0.4) is 0 Å². The van der Waals surface area contributed by atoms with Crippen molar-refractivity contribution in [3.05, 3.63) is 29.8 Å². The summed E-state index contributed by atoms with van der Waals surface area (Å²) in [7, 11) is 0. The lowest BCUT2D eigenvalue weighted by Gasteiger charge is -2.23. The van der Waals surface area contributed by atoms with Crippen LogP contribution in [0.25, 0.3) is 0 Å². The Morgan fingerprint density at radius 3 is 3.00 bits per heavy atom. The first-order valence-corrected chi connectivity index (χ1v) is 7.14. The minimum absolute atomic E-state index is 0.0378. The minimum atomic E-state index is -0.0610. The zero-order chi connectivity index (χ0) is 12.8. The fourth-order valence-electron chi connectivity index (χ4n) is 1.79. The van der Waals surface area contributed by atoms with E-state index in [9.17, 15) is 4.79 Å². The maximum atomic E-state index is 12.0. The molecule has 0 saturated carbocycles. The van der Waals surface area contributed by atoms with Gasteiger partial charge in [0.15, 0.2) is 0 Å². The molecule has 18 heavy (non-hydrogen) atoms. The first-order valence-electron chi connectivity index (χ1n) is 5.92. The molecule has 1 aliphatic heterocycles. The SMILES string of the molecule is CSc1ccccc1C(=O)NC[C@@H]1COCCO1. The highest BCUT2D eigenvalue weighted by atomic mass is 32.2. The quantitative estimate of drug-likeness (QED) is 0.841. The molecule has 0 spiro atoms. The molecular weight excluding hydrogens is 250 g/mol. The molecule has 1 saturated heterocycles. The van der Waals surface area contributed by atoms with Gasteiger partial charge in [0.25, 0.3) is 5.91 Å². The predicted molar refractivity (Wildman–Crippen MR) is 71.1 cm³/mol. The van der Waals surface area contributed by atoms with Gasteiger partial charge in [0, 0.05) is 11.4 Å². The molecule has 0 aromatic heterocycles. The number of carbonyl (C=O) groups excluding carboxylic acids is 1. The number of thioether (sulfide) groups is 1. The third-order valence-electron chi connectivity index (χ3n) is 2.73. The zero-order valence-electron chi connectivity index (χ0n) is 10.3. The highest BCUT2D eigenvalue weighted by Crippen LogP contribution is 2.19. The van der Waals surface area contributed by atoms with Crippen molar-refractivity contribution in [2.45, 2.75) is 11.0 Å². The van der Waals surface area contributed by atoms with Crippen LogP contribution in [0.4, 0.5) is 0 Å². The third kappa shape index (κ3) is 3.48. The van der Waals surface area contributed by atoms with Gasteiger partial charge in [0.2, 0.25) is 0 Å². The molecule has 0 bridgehead atoms. The number of nitrogens with one attached hydrogen (secondary N) is 1. The molecular formula is C13H17NO3S. The predicted octanol–water partition coefficient (Wildman–Crippen LogP) is 1.55. The molecule has 1 heterocycles. The number of benzene rings is 1. The Bertz CT molecular complexity index is 405. The molecule has 1 aromatic rings. The molecule has 2 rings (SSSR count). The molecule has 1 aliphatic rings. The van der Waals surface area contributed by atoms with E-state index in [4.69, 9.17) is 9.47 Å². The molecule has 0 radical (unpaired) electrons. The van der Waals surface area contributed by atoms with Gasteiger partial charge in [0.1, 0.15) is 0 Å². The summed E-state index contributed by atoms with van der Waals surface area (Å²) in [6, 6.07) is 7.58. The van der Waals surface area contributed by atoms with Crippen molar-refractivity contribution in [3.8, 4) is 0 Å². The van der Waals surface area contributed by atoms with Crippen molar-refractivity contribution < 1.29 is 14.3 Å². The van der Waals surface area contributed by atoms with Crippen LogP contribution in [0.1, 0.15) is 10.4 Å². The van der Waals surface area contributed by atoms with Crippen LogP contribution in [-0.2, 0) is 9.47 Å². The van der Waals surface area contributed by atoms with Gasteiger partial charge in [0.05, 0.1) is 31.5 Å². The van der Waals surface area contributed by atoms with E-state index in [0.29, 0.717) is 31.9 Å². The Balaban J connectivity index is 1.90. The Hall–Kier alpha value is -1.04. The fraction of sp³-hybridized carbons (Fsp3) is 0.462. The van der Waals surface area contributed by atoms with Crippen molar-refractivity contribution in [1.82, 2.24) is 5.32 Å². The number of hydrogen-bond donors (Lipinski definition) is 1. The van der Waals surface area contributed by atoms with Gasteiger partial charge in [-0.25, -0.2) is 0 Å². The largest absolute Gasteiger partial charge is 0.376 e. The number of hydrogen-bond acceptors (Lipinski definition) is 4. The van der Waals surface area contributed by atoms with Crippen molar-refractivity contribution >= 4 is 17.7 Å². The van der Waals surface area contributed by atoms with Gasteiger partial charge in [-0.3, -0.25) is 4.79 Å². The summed E-state index contributed by atoms with van der Waals surface area (Å²) in [4.78, 5) is 13.0. The molecule has 1 fully saturated rings. The van der Waals surface area contributed by atoms with E-state index in [1.165, 1.54) is 0 Å². The molecule has 5 heteroatoms. The van der Waals surface area contributed by atoms with Crippen LogP contribution in [0.2, 0.25) is 0 Å². The van der Waals surface area contributed by atoms with E-state index < -0.39 is 0 Å². The molecule has 98 valence electrons. The van der Waals surface area contributed by atoms with Crippen molar-refractivity contribution in [1.29, 1.82) is 0 Å². The van der Waals surface area contributed by atoms with Gasteiger partial charge in [-0.05, 0) is 18.4 Å². The molecule has 1 atom stereocenters. The van der Waals surface area contributed by atoms with Crippen LogP contribution in [-0.4, -0.2) is 44.6 Å². The Kier molecular flexibility index (Phi) is 5.04. The number of carbonyl (C=O) groups is 1. The summed E-state index contributed by atoms with van der Waals surface area (Å²) in [5.74, 6) is -0.0610. The van der Waals surface area contributed by atoms with Crippen LogP contribution in [0.15, 0.2) is 29.2 Å². The topological polar surface area (TPSA) is 47.6 Å². The van der Waals surface area contributed by atoms with E-state index in [1.807, 2.05) is 30.5 Å². The monoisotopic (exact) mass is 267 g/mol. The normalized spacial score (nSPS) is 19.5. The first-order chi connectivity index (χ1) is 8.81. The van der Waals surface area contributed by atoms with Gasteiger partial charge >= 0.3 is 0 Å². The second kappa shape index (κ2) is 6.78. The van der Waals surface area contributed by atoms with E-state index in [0.717, 1.165) is 4.90 Å². The van der Waals surface area contributed by atoms with E-state index in [-0.39, 0.29) is 12.0 Å². The number of rotatable bonds is 4. The van der Waals surface area contributed by atoms with Crippen molar-refractivity contribution in [2.24, 2.45) is 0 Å². The molecule has 1 aromatic carbocycles. The smallest absolute Gasteiger partial charge is 0.252 e. The third-order valence-corrected chi connectivity index (χ3v) is 3.52. The van der Waals surface area contributed by atoms with Crippen LogP contribution < -0.4 is 5.32 Å². The van der Waals surface area contributed by atoms with E-state index >= 15 is 0 Å². The van der Waals surface area contributed by atoms with Crippen LogP contribution in [0.5, 0.6) is 0 Å². The second-order valence-electron chi connectivity index (χ2n) is 3.98. The second-order valence-corrected chi connectivity index (χ2v) is 4.83. The molecule has 1 N–H and O–H groups in total. The summed E-state index contributed by atoms with van der Waals surface area (Å²) in [5.41, 5.74) is 0.710. The molecule has 0 unspecified atom stereocenters. The van der Waals surface area contributed by atoms with Crippen LogP contribution >= 0.6 is 11.8 Å². The highest BCUT2D eigenvalue weighted by Gasteiger charge is 2.16. The molecule has 0 aliphatic carbocycles. The Labute approximate surface area is 111 Å². The lowest BCUT2D eigenvalue weighted by atomic mass is 10.2. The van der Waals surface area contributed by atoms with Crippen LogP contribution in [0, 0.1) is 0 Å². The summed E-state index contributed by atoms with van der Waals surface area (Å²) in [6.07, 6.45) is 1.92. The minimum Gasteiger partial charge on any atom is -0.376 e. The maximum absolute atomic E-state index is 12.0. The number of ether oxygens (including phenoxy) is 2. The van der Waals surface area contributed by atoms with Crippen molar-refractivity contribution in [3.63, 3.8) is 0 Å². The lowest BCUT2D eigenvalue weighted by Crippen LogP contribution is -2.39. The maximum Gasteiger partial charge on any atom is 0.252 e. The Morgan fingerprint density at radius 1 is 1.44 bits per heavy atom. The van der Waals surface area contributed by atoms with E-state index in [1.54, 1.807) is 11.8 Å². The average molecular weight is 267 g/mol. The zero-order valence-corrected chi connectivity index (χ0v) is 11.2.